The Bertz CT molecular complexity index is 524. The summed E-state index contributed by atoms with van der Waals surface area (Å²) in [4.78, 5) is 2.58. The summed E-state index contributed by atoms with van der Waals surface area (Å²) < 4.78 is 0. The van der Waals surface area contributed by atoms with E-state index in [1.165, 1.54) is 37.1 Å². The maximum atomic E-state index is 2.58. The molecule has 0 atom stereocenters. The second-order valence-corrected chi connectivity index (χ2v) is 6.19. The molecule has 0 aromatic heterocycles. The Morgan fingerprint density at radius 1 is 0.850 bits per heavy atom. The molecular formula is C19H23N. The molecule has 0 saturated carbocycles. The molecule has 0 bridgehead atoms. The zero-order chi connectivity index (χ0) is 13.8. The van der Waals surface area contributed by atoms with Crippen LogP contribution >= 0.6 is 0 Å². The molecule has 1 fully saturated rings. The number of piperidine rings is 1. The first-order valence-electron chi connectivity index (χ1n) is 7.58. The SMILES string of the molecule is CC1(c2ccccc2)CCN(Cc2ccccc2)CC1. The second kappa shape index (κ2) is 5.80. The molecule has 0 unspecified atom stereocenters. The van der Waals surface area contributed by atoms with Gasteiger partial charge in [-0.1, -0.05) is 67.6 Å². The molecular weight excluding hydrogens is 242 g/mol. The predicted molar refractivity (Wildman–Crippen MR) is 84.7 cm³/mol. The molecule has 0 N–H and O–H groups in total. The molecule has 3 rings (SSSR count). The van der Waals surface area contributed by atoms with Gasteiger partial charge in [-0.2, -0.15) is 0 Å². The highest BCUT2D eigenvalue weighted by atomic mass is 15.1. The minimum Gasteiger partial charge on any atom is -0.299 e. The van der Waals surface area contributed by atoms with Crippen molar-refractivity contribution >= 4 is 0 Å². The Labute approximate surface area is 122 Å². The van der Waals surface area contributed by atoms with Gasteiger partial charge in [-0.25, -0.2) is 0 Å². The summed E-state index contributed by atoms with van der Waals surface area (Å²) in [5.41, 5.74) is 3.28. The molecule has 0 amide bonds. The maximum Gasteiger partial charge on any atom is 0.0233 e. The smallest absolute Gasteiger partial charge is 0.0233 e. The lowest BCUT2D eigenvalue weighted by Crippen LogP contribution is -2.40. The lowest BCUT2D eigenvalue weighted by Gasteiger charge is -2.40. The fourth-order valence-corrected chi connectivity index (χ4v) is 3.18. The van der Waals surface area contributed by atoms with Gasteiger partial charge in [-0.15, -0.1) is 0 Å². The number of hydrogen-bond donors (Lipinski definition) is 0. The quantitative estimate of drug-likeness (QED) is 0.802. The van der Waals surface area contributed by atoms with Gasteiger partial charge < -0.3 is 0 Å². The molecule has 20 heavy (non-hydrogen) atoms. The summed E-state index contributed by atoms with van der Waals surface area (Å²) in [5, 5.41) is 0. The van der Waals surface area contributed by atoms with Crippen molar-refractivity contribution < 1.29 is 0 Å². The lowest BCUT2D eigenvalue weighted by atomic mass is 9.74. The minimum absolute atomic E-state index is 0.356. The van der Waals surface area contributed by atoms with Gasteiger partial charge in [0.1, 0.15) is 0 Å². The van der Waals surface area contributed by atoms with Crippen LogP contribution in [0.5, 0.6) is 0 Å². The largest absolute Gasteiger partial charge is 0.299 e. The Morgan fingerprint density at radius 2 is 1.40 bits per heavy atom. The van der Waals surface area contributed by atoms with Crippen molar-refractivity contribution in [3.63, 3.8) is 0 Å². The average molecular weight is 265 g/mol. The summed E-state index contributed by atoms with van der Waals surface area (Å²) in [6.07, 6.45) is 2.51. The van der Waals surface area contributed by atoms with Gasteiger partial charge in [0.25, 0.3) is 0 Å². The van der Waals surface area contributed by atoms with Crippen LogP contribution in [0.3, 0.4) is 0 Å². The topological polar surface area (TPSA) is 3.24 Å². The van der Waals surface area contributed by atoms with Crippen LogP contribution in [0.15, 0.2) is 60.7 Å². The normalized spacial score (nSPS) is 18.9. The van der Waals surface area contributed by atoms with Crippen LogP contribution in [0.25, 0.3) is 0 Å². The molecule has 1 heteroatoms. The summed E-state index contributed by atoms with van der Waals surface area (Å²) in [5.74, 6) is 0. The van der Waals surface area contributed by atoms with Crippen LogP contribution in [-0.2, 0) is 12.0 Å². The van der Waals surface area contributed by atoms with Crippen molar-refractivity contribution in [1.29, 1.82) is 0 Å². The van der Waals surface area contributed by atoms with Crippen LogP contribution < -0.4 is 0 Å². The van der Waals surface area contributed by atoms with Crippen LogP contribution in [0.4, 0.5) is 0 Å². The Hall–Kier alpha value is -1.60. The fraction of sp³-hybridized carbons (Fsp3) is 0.368. The highest BCUT2D eigenvalue weighted by molar-refractivity contribution is 5.25. The van der Waals surface area contributed by atoms with Gasteiger partial charge in [0.05, 0.1) is 0 Å². The van der Waals surface area contributed by atoms with Gasteiger partial charge in [-0.3, -0.25) is 4.90 Å². The van der Waals surface area contributed by atoms with Crippen LogP contribution in [0.2, 0.25) is 0 Å². The van der Waals surface area contributed by atoms with Gasteiger partial charge >= 0.3 is 0 Å². The minimum atomic E-state index is 0.356. The molecule has 0 spiro atoms. The molecule has 1 aliphatic rings. The zero-order valence-corrected chi connectivity index (χ0v) is 12.3. The van der Waals surface area contributed by atoms with E-state index < -0.39 is 0 Å². The Kier molecular flexibility index (Phi) is 3.88. The number of rotatable bonds is 3. The van der Waals surface area contributed by atoms with Crippen molar-refractivity contribution in [1.82, 2.24) is 4.90 Å². The van der Waals surface area contributed by atoms with E-state index in [9.17, 15) is 0 Å². The Balaban J connectivity index is 1.62. The van der Waals surface area contributed by atoms with Gasteiger partial charge in [0, 0.05) is 6.54 Å². The van der Waals surface area contributed by atoms with Crippen molar-refractivity contribution in [2.24, 2.45) is 0 Å². The monoisotopic (exact) mass is 265 g/mol. The van der Waals surface area contributed by atoms with E-state index in [0.717, 1.165) is 6.54 Å². The third-order valence-corrected chi connectivity index (χ3v) is 4.68. The molecule has 104 valence electrons. The van der Waals surface area contributed by atoms with Crippen molar-refractivity contribution in [2.75, 3.05) is 13.1 Å². The number of likely N-dealkylation sites (tertiary alicyclic amines) is 1. The summed E-state index contributed by atoms with van der Waals surface area (Å²) in [6, 6.07) is 21.8. The van der Waals surface area contributed by atoms with E-state index in [2.05, 4.69) is 72.5 Å². The molecule has 0 radical (unpaired) electrons. The number of benzene rings is 2. The number of hydrogen-bond acceptors (Lipinski definition) is 1. The molecule has 1 saturated heterocycles. The molecule has 1 nitrogen and oxygen atoms in total. The van der Waals surface area contributed by atoms with Gasteiger partial charge in [0.15, 0.2) is 0 Å². The summed E-state index contributed by atoms with van der Waals surface area (Å²) in [6.45, 7) is 5.90. The van der Waals surface area contributed by atoms with E-state index in [-0.39, 0.29) is 0 Å². The van der Waals surface area contributed by atoms with Gasteiger partial charge in [-0.05, 0) is 42.5 Å². The van der Waals surface area contributed by atoms with Crippen LogP contribution in [0, 0.1) is 0 Å². The van der Waals surface area contributed by atoms with E-state index in [0.29, 0.717) is 5.41 Å². The second-order valence-electron chi connectivity index (χ2n) is 6.19. The van der Waals surface area contributed by atoms with Crippen molar-refractivity contribution in [3.05, 3.63) is 71.8 Å². The fourth-order valence-electron chi connectivity index (χ4n) is 3.18. The van der Waals surface area contributed by atoms with Crippen LogP contribution in [0.1, 0.15) is 30.9 Å². The molecule has 0 aliphatic carbocycles. The molecule has 2 aromatic carbocycles. The third-order valence-electron chi connectivity index (χ3n) is 4.68. The number of nitrogens with zero attached hydrogens (tertiary/aromatic N) is 1. The van der Waals surface area contributed by atoms with Crippen molar-refractivity contribution in [2.45, 2.75) is 31.7 Å². The molecule has 2 aromatic rings. The van der Waals surface area contributed by atoms with E-state index in [1.807, 2.05) is 0 Å². The molecule has 1 heterocycles. The van der Waals surface area contributed by atoms with Crippen LogP contribution in [-0.4, -0.2) is 18.0 Å². The molecule has 1 aliphatic heterocycles. The maximum absolute atomic E-state index is 2.58. The van der Waals surface area contributed by atoms with E-state index in [1.54, 1.807) is 0 Å². The van der Waals surface area contributed by atoms with E-state index >= 15 is 0 Å². The summed E-state index contributed by atoms with van der Waals surface area (Å²) in [7, 11) is 0. The van der Waals surface area contributed by atoms with E-state index in [4.69, 9.17) is 0 Å². The lowest BCUT2D eigenvalue weighted by molar-refractivity contribution is 0.162. The van der Waals surface area contributed by atoms with Crippen molar-refractivity contribution in [3.8, 4) is 0 Å². The standard InChI is InChI=1S/C19H23N/c1-19(18-10-6-3-7-11-18)12-14-20(15-13-19)16-17-8-4-2-5-9-17/h2-11H,12-16H2,1H3. The Morgan fingerprint density at radius 3 is 2.00 bits per heavy atom. The first kappa shape index (κ1) is 13.4. The first-order valence-corrected chi connectivity index (χ1v) is 7.58. The highest BCUT2D eigenvalue weighted by Gasteiger charge is 2.31. The van der Waals surface area contributed by atoms with Gasteiger partial charge in [0.2, 0.25) is 0 Å². The zero-order valence-electron chi connectivity index (χ0n) is 12.3. The first-order chi connectivity index (χ1) is 9.76. The third kappa shape index (κ3) is 2.94. The average Bonchev–Trinajstić information content (AvgIpc) is 2.52. The highest BCUT2D eigenvalue weighted by Crippen LogP contribution is 2.35. The predicted octanol–water partition coefficient (Wildman–Crippen LogP) is 4.24. The summed E-state index contributed by atoms with van der Waals surface area (Å²) >= 11 is 0.